The highest BCUT2D eigenvalue weighted by atomic mass is 35.5. The smallest absolute Gasteiger partial charge is 0.316 e. The van der Waals surface area contributed by atoms with E-state index in [0.29, 0.717) is 24.2 Å². The molecule has 0 bridgehead atoms. The highest BCUT2D eigenvalue weighted by Gasteiger charge is 2.44. The van der Waals surface area contributed by atoms with Crippen LogP contribution in [0.4, 0.5) is 11.4 Å². The van der Waals surface area contributed by atoms with Crippen LogP contribution in [0, 0.1) is 11.8 Å². The summed E-state index contributed by atoms with van der Waals surface area (Å²) in [6, 6.07) is 10.3. The fourth-order valence-electron chi connectivity index (χ4n) is 4.41. The monoisotopic (exact) mass is 456 g/mol. The third-order valence-corrected chi connectivity index (χ3v) is 6.20. The summed E-state index contributed by atoms with van der Waals surface area (Å²) in [4.78, 5) is 26.1. The minimum atomic E-state index is -0.898. The van der Waals surface area contributed by atoms with Crippen molar-refractivity contribution in [1.82, 2.24) is 0 Å². The number of halogens is 1. The van der Waals surface area contributed by atoms with E-state index in [1.54, 1.807) is 19.1 Å². The van der Waals surface area contributed by atoms with Gasteiger partial charge in [0.05, 0.1) is 36.2 Å². The molecular weight excluding hydrogens is 432 g/mol. The summed E-state index contributed by atoms with van der Waals surface area (Å²) in [5.74, 6) is -1.90. The molecule has 4 rings (SSSR count). The summed E-state index contributed by atoms with van der Waals surface area (Å²) >= 11 is 6.30. The van der Waals surface area contributed by atoms with Crippen molar-refractivity contribution in [3.05, 3.63) is 58.3 Å². The Bertz CT molecular complexity index is 1110. The number of hydrogen-bond donors (Lipinski definition) is 3. The van der Waals surface area contributed by atoms with Crippen molar-refractivity contribution in [2.24, 2.45) is 11.8 Å². The Kier molecular flexibility index (Phi) is 6.02. The third-order valence-electron chi connectivity index (χ3n) is 5.91. The molecule has 2 aromatic rings. The Labute approximate surface area is 191 Å². The van der Waals surface area contributed by atoms with E-state index in [-0.39, 0.29) is 28.2 Å². The van der Waals surface area contributed by atoms with Crippen molar-refractivity contribution in [2.75, 3.05) is 24.4 Å². The van der Waals surface area contributed by atoms with Gasteiger partial charge in [-0.1, -0.05) is 30.7 Å². The highest BCUT2D eigenvalue weighted by Crippen LogP contribution is 2.46. The molecule has 1 heterocycles. The third kappa shape index (κ3) is 3.77. The lowest BCUT2D eigenvalue weighted by molar-refractivity contribution is -0.151. The van der Waals surface area contributed by atoms with Crippen molar-refractivity contribution < 1.29 is 24.2 Å². The average Bonchev–Trinajstić information content (AvgIpc) is 2.93. The van der Waals surface area contributed by atoms with Gasteiger partial charge in [0.2, 0.25) is 0 Å². The number of methoxy groups -OCH3 is 1. The minimum absolute atomic E-state index is 0.113. The van der Waals surface area contributed by atoms with E-state index in [1.165, 1.54) is 7.11 Å². The van der Waals surface area contributed by atoms with Crippen molar-refractivity contribution in [2.45, 2.75) is 26.3 Å². The van der Waals surface area contributed by atoms with Crippen LogP contribution in [0.1, 0.15) is 31.9 Å². The molecule has 0 saturated carbocycles. The molecule has 32 heavy (non-hydrogen) atoms. The number of hydrogen-bond acceptors (Lipinski definition) is 7. The van der Waals surface area contributed by atoms with Crippen molar-refractivity contribution >= 4 is 34.7 Å². The van der Waals surface area contributed by atoms with Gasteiger partial charge in [0.15, 0.2) is 17.3 Å². The summed E-state index contributed by atoms with van der Waals surface area (Å²) in [6.07, 6.45) is 0.498. The Morgan fingerprint density at radius 2 is 1.97 bits per heavy atom. The lowest BCUT2D eigenvalue weighted by atomic mass is 9.75. The first-order valence-corrected chi connectivity index (χ1v) is 10.9. The fourth-order valence-corrected chi connectivity index (χ4v) is 4.63. The largest absolute Gasteiger partial charge is 0.503 e. The van der Waals surface area contributed by atoms with Crippen LogP contribution in [-0.4, -0.2) is 30.6 Å². The summed E-state index contributed by atoms with van der Waals surface area (Å²) < 4.78 is 10.5. The van der Waals surface area contributed by atoms with Crippen LogP contribution >= 0.6 is 11.6 Å². The van der Waals surface area contributed by atoms with E-state index in [1.807, 2.05) is 31.2 Å². The molecule has 0 amide bonds. The van der Waals surface area contributed by atoms with E-state index >= 15 is 0 Å². The molecule has 0 radical (unpaired) electrons. The van der Waals surface area contributed by atoms with E-state index in [4.69, 9.17) is 21.1 Å². The van der Waals surface area contributed by atoms with Crippen LogP contribution in [0.5, 0.6) is 11.5 Å². The van der Waals surface area contributed by atoms with Gasteiger partial charge in [0.25, 0.3) is 0 Å². The van der Waals surface area contributed by atoms with E-state index in [9.17, 15) is 14.7 Å². The standard InChI is InChI=1S/C24H25ClN2O5/c1-4-32-18-11-13(10-14(25)22(18)28)21-20-17(26-15-7-5-6-8-16(15)27-21)9-12(2)19(23(20)29)24(30)31-3/h5-8,10-12,19,21,26-28H,4,9H2,1-3H3. The van der Waals surface area contributed by atoms with Gasteiger partial charge in [-0.3, -0.25) is 9.59 Å². The zero-order chi connectivity index (χ0) is 23.0. The van der Waals surface area contributed by atoms with Crippen LogP contribution in [0.2, 0.25) is 5.02 Å². The summed E-state index contributed by atoms with van der Waals surface area (Å²) in [5, 5.41) is 17.2. The first-order chi connectivity index (χ1) is 15.3. The number of para-hydroxylation sites is 2. The Morgan fingerprint density at radius 3 is 2.66 bits per heavy atom. The topological polar surface area (TPSA) is 96.9 Å². The Hall–Kier alpha value is -3.19. The van der Waals surface area contributed by atoms with Crippen LogP contribution in [0.15, 0.2) is 47.7 Å². The molecule has 2 aliphatic rings. The number of anilines is 2. The molecule has 0 spiro atoms. The second-order valence-electron chi connectivity index (χ2n) is 7.97. The van der Waals surface area contributed by atoms with Gasteiger partial charge in [0.1, 0.15) is 5.92 Å². The maximum absolute atomic E-state index is 13.7. The molecule has 3 N–H and O–H groups in total. The molecule has 0 saturated heterocycles. The zero-order valence-electron chi connectivity index (χ0n) is 18.1. The van der Waals surface area contributed by atoms with Crippen molar-refractivity contribution in [3.63, 3.8) is 0 Å². The van der Waals surface area contributed by atoms with Gasteiger partial charge in [-0.25, -0.2) is 0 Å². The van der Waals surface area contributed by atoms with Gasteiger partial charge in [-0.05, 0) is 49.1 Å². The number of carbonyl (C=O) groups excluding carboxylic acids is 2. The van der Waals surface area contributed by atoms with Gasteiger partial charge < -0.3 is 25.2 Å². The lowest BCUT2D eigenvalue weighted by Crippen LogP contribution is -2.39. The fraction of sp³-hybridized carbons (Fsp3) is 0.333. The van der Waals surface area contributed by atoms with Crippen LogP contribution in [0.25, 0.3) is 0 Å². The second-order valence-corrected chi connectivity index (χ2v) is 8.38. The Morgan fingerprint density at radius 1 is 1.25 bits per heavy atom. The molecule has 3 unspecified atom stereocenters. The normalized spacial score (nSPS) is 22.1. The first kappa shape index (κ1) is 22.0. The average molecular weight is 457 g/mol. The minimum Gasteiger partial charge on any atom is -0.503 e. The zero-order valence-corrected chi connectivity index (χ0v) is 18.8. The molecule has 168 valence electrons. The van der Waals surface area contributed by atoms with Gasteiger partial charge in [-0.15, -0.1) is 0 Å². The predicted octanol–water partition coefficient (Wildman–Crippen LogP) is 4.68. The molecule has 7 nitrogen and oxygen atoms in total. The van der Waals surface area contributed by atoms with E-state index in [0.717, 1.165) is 17.1 Å². The number of allylic oxidation sites excluding steroid dienone is 1. The second kappa shape index (κ2) is 8.74. The molecule has 1 aliphatic carbocycles. The number of carbonyl (C=O) groups is 2. The number of benzene rings is 2. The summed E-state index contributed by atoms with van der Waals surface area (Å²) in [7, 11) is 1.29. The van der Waals surface area contributed by atoms with Crippen LogP contribution in [0.3, 0.4) is 0 Å². The van der Waals surface area contributed by atoms with Gasteiger partial charge in [0, 0.05) is 11.3 Å². The summed E-state index contributed by atoms with van der Waals surface area (Å²) in [6.45, 7) is 4.01. The number of ether oxygens (including phenoxy) is 2. The van der Waals surface area contributed by atoms with Crippen molar-refractivity contribution in [1.29, 1.82) is 0 Å². The predicted molar refractivity (Wildman–Crippen MR) is 122 cm³/mol. The SMILES string of the molecule is CCOc1cc(C2Nc3ccccc3NC3=C2C(=O)C(C(=O)OC)C(C)C3)cc(Cl)c1O. The number of phenolic OH excluding ortho intramolecular Hbond substituents is 1. The summed E-state index contributed by atoms with van der Waals surface area (Å²) in [5.41, 5.74) is 3.44. The van der Waals surface area contributed by atoms with Crippen molar-refractivity contribution in [3.8, 4) is 11.5 Å². The first-order valence-electron chi connectivity index (χ1n) is 10.5. The molecule has 2 aromatic carbocycles. The number of ketones is 1. The van der Waals surface area contributed by atoms with Crippen LogP contribution in [-0.2, 0) is 14.3 Å². The van der Waals surface area contributed by atoms with Gasteiger partial charge in [-0.2, -0.15) is 0 Å². The van der Waals surface area contributed by atoms with E-state index in [2.05, 4.69) is 10.6 Å². The number of rotatable bonds is 4. The van der Waals surface area contributed by atoms with Crippen LogP contribution < -0.4 is 15.4 Å². The number of nitrogens with one attached hydrogen (secondary N) is 2. The lowest BCUT2D eigenvalue weighted by Gasteiger charge is -2.32. The molecule has 3 atom stereocenters. The number of esters is 1. The number of phenols is 1. The molecule has 0 fully saturated rings. The molecule has 8 heteroatoms. The number of aromatic hydroxyl groups is 1. The van der Waals surface area contributed by atoms with E-state index < -0.39 is 17.9 Å². The molecule has 1 aliphatic heterocycles. The Balaban J connectivity index is 1.90. The number of Topliss-reactive ketones (excluding diaryl/α,β-unsaturated/α-hetero) is 1. The highest BCUT2D eigenvalue weighted by molar-refractivity contribution is 6.32. The molecular formula is C24H25ClN2O5. The molecule has 0 aromatic heterocycles. The quantitative estimate of drug-likeness (QED) is 0.454. The number of fused-ring (bicyclic) bond motifs is 1. The maximum Gasteiger partial charge on any atom is 0.316 e. The van der Waals surface area contributed by atoms with Gasteiger partial charge >= 0.3 is 5.97 Å². The maximum atomic E-state index is 13.7.